The predicted molar refractivity (Wildman–Crippen MR) is 130 cm³/mol. The van der Waals surface area contributed by atoms with Crippen LogP contribution in [0.4, 0.5) is 0 Å². The zero-order valence-electron chi connectivity index (χ0n) is 18.4. The molecule has 0 bridgehead atoms. The monoisotopic (exact) mass is 536 g/mol. The van der Waals surface area contributed by atoms with Gasteiger partial charge < -0.3 is 29.6 Å². The van der Waals surface area contributed by atoms with Crippen molar-refractivity contribution in [3.63, 3.8) is 0 Å². The lowest BCUT2D eigenvalue weighted by Gasteiger charge is -2.34. The third-order valence-corrected chi connectivity index (χ3v) is 4.72. The molecule has 1 aromatic carbocycles. The number of aliphatic imine (C=N–C) groups is 1. The summed E-state index contributed by atoms with van der Waals surface area (Å²) in [5, 5.41) is 6.64. The number of morpholine rings is 1. The summed E-state index contributed by atoms with van der Waals surface area (Å²) in [6.45, 7) is 9.37. The molecule has 1 aliphatic rings. The summed E-state index contributed by atoms with van der Waals surface area (Å²) in [4.78, 5) is 7.28. The van der Waals surface area contributed by atoms with Crippen LogP contribution in [0.25, 0.3) is 0 Å². The molecule has 1 fully saturated rings. The fourth-order valence-electron chi connectivity index (χ4n) is 3.15. The van der Waals surface area contributed by atoms with Gasteiger partial charge in [-0.05, 0) is 24.6 Å². The fourth-order valence-corrected chi connectivity index (χ4v) is 3.15. The van der Waals surface area contributed by atoms with Crippen molar-refractivity contribution in [1.82, 2.24) is 15.5 Å². The molecule has 172 valence electrons. The van der Waals surface area contributed by atoms with E-state index >= 15 is 0 Å². The Bertz CT molecular complexity index is 583. The summed E-state index contributed by atoms with van der Waals surface area (Å²) in [6.07, 6.45) is 0. The molecule has 9 heteroatoms. The van der Waals surface area contributed by atoms with E-state index < -0.39 is 0 Å². The molecule has 2 rings (SSSR count). The van der Waals surface area contributed by atoms with Crippen LogP contribution in [0, 0.1) is 0 Å². The molecule has 1 aromatic rings. The highest BCUT2D eigenvalue weighted by molar-refractivity contribution is 14.0. The Balaban J connectivity index is 0.00000450. The Morgan fingerprint density at radius 1 is 1.10 bits per heavy atom. The highest BCUT2D eigenvalue weighted by Gasteiger charge is 2.22. The molecule has 0 amide bonds. The predicted octanol–water partition coefficient (Wildman–Crippen LogP) is 1.90. The number of hydrogen-bond acceptors (Lipinski definition) is 6. The number of methoxy groups -OCH3 is 2. The topological polar surface area (TPSA) is 76.6 Å². The average Bonchev–Trinajstić information content (AvgIpc) is 2.77. The zero-order chi connectivity index (χ0) is 20.7. The van der Waals surface area contributed by atoms with Crippen LogP contribution in [0.5, 0.6) is 5.75 Å². The van der Waals surface area contributed by atoms with E-state index in [1.165, 1.54) is 5.56 Å². The van der Waals surface area contributed by atoms with Crippen molar-refractivity contribution >= 4 is 29.9 Å². The standard InChI is InChI=1S/C21H36N4O4.HI/c1-4-22-21(23-9-12-28-16-15-26-2)24-17-20(25-10-13-29-14-11-25)18-5-7-19(27-3)8-6-18;/h5-8,20H,4,9-17H2,1-3H3,(H2,22,23,24);1H. The van der Waals surface area contributed by atoms with Gasteiger partial charge in [-0.1, -0.05) is 12.1 Å². The van der Waals surface area contributed by atoms with Gasteiger partial charge in [0.25, 0.3) is 0 Å². The maximum absolute atomic E-state index is 5.53. The van der Waals surface area contributed by atoms with Crippen molar-refractivity contribution in [2.24, 2.45) is 4.99 Å². The van der Waals surface area contributed by atoms with Crippen molar-refractivity contribution < 1.29 is 18.9 Å². The van der Waals surface area contributed by atoms with Crippen LogP contribution in [-0.4, -0.2) is 90.8 Å². The van der Waals surface area contributed by atoms with Crippen LogP contribution in [0.1, 0.15) is 18.5 Å². The molecule has 8 nitrogen and oxygen atoms in total. The molecule has 1 aliphatic heterocycles. The van der Waals surface area contributed by atoms with Crippen molar-refractivity contribution in [3.05, 3.63) is 29.8 Å². The third kappa shape index (κ3) is 9.78. The number of halogens is 1. The Labute approximate surface area is 197 Å². The Kier molecular flexibility index (Phi) is 14.8. The molecule has 0 spiro atoms. The van der Waals surface area contributed by atoms with Gasteiger partial charge in [0.2, 0.25) is 0 Å². The summed E-state index contributed by atoms with van der Waals surface area (Å²) in [5.74, 6) is 1.66. The molecule has 0 saturated carbocycles. The molecular formula is C21H37IN4O4. The number of guanidine groups is 1. The minimum Gasteiger partial charge on any atom is -0.497 e. The van der Waals surface area contributed by atoms with E-state index in [0.717, 1.165) is 44.6 Å². The van der Waals surface area contributed by atoms with Gasteiger partial charge in [0.05, 0.1) is 52.7 Å². The second-order valence-electron chi connectivity index (χ2n) is 6.69. The van der Waals surface area contributed by atoms with Crippen LogP contribution in [0.3, 0.4) is 0 Å². The summed E-state index contributed by atoms with van der Waals surface area (Å²) < 4.78 is 21.3. The number of nitrogens with zero attached hydrogens (tertiary/aromatic N) is 2. The largest absolute Gasteiger partial charge is 0.497 e. The zero-order valence-corrected chi connectivity index (χ0v) is 20.7. The third-order valence-electron chi connectivity index (χ3n) is 4.72. The number of rotatable bonds is 12. The minimum atomic E-state index is 0. The molecule has 0 radical (unpaired) electrons. The SMILES string of the molecule is CCNC(=NCC(c1ccc(OC)cc1)N1CCOCC1)NCCOCCOC.I. The normalized spacial score (nSPS) is 15.9. The van der Waals surface area contributed by atoms with Crippen molar-refractivity contribution in [3.8, 4) is 5.75 Å². The minimum absolute atomic E-state index is 0. The summed E-state index contributed by atoms with van der Waals surface area (Å²) in [7, 11) is 3.36. The van der Waals surface area contributed by atoms with E-state index in [1.807, 2.05) is 12.1 Å². The van der Waals surface area contributed by atoms with E-state index in [4.69, 9.17) is 23.9 Å². The van der Waals surface area contributed by atoms with Crippen molar-refractivity contribution in [2.45, 2.75) is 13.0 Å². The summed E-state index contributed by atoms with van der Waals surface area (Å²) in [5.41, 5.74) is 1.23. The molecule has 0 aliphatic carbocycles. The second-order valence-corrected chi connectivity index (χ2v) is 6.69. The van der Waals surface area contributed by atoms with Gasteiger partial charge in [0.1, 0.15) is 5.75 Å². The Morgan fingerprint density at radius 3 is 2.47 bits per heavy atom. The van der Waals surface area contributed by atoms with Gasteiger partial charge in [-0.15, -0.1) is 24.0 Å². The fraction of sp³-hybridized carbons (Fsp3) is 0.667. The van der Waals surface area contributed by atoms with Gasteiger partial charge in [0.15, 0.2) is 5.96 Å². The summed E-state index contributed by atoms with van der Waals surface area (Å²) in [6, 6.07) is 8.45. The Hall–Kier alpha value is -1.14. The molecule has 0 aromatic heterocycles. The molecule has 1 saturated heterocycles. The highest BCUT2D eigenvalue weighted by atomic mass is 127. The van der Waals surface area contributed by atoms with Crippen LogP contribution in [-0.2, 0) is 14.2 Å². The lowest BCUT2D eigenvalue weighted by Crippen LogP contribution is -2.42. The first-order valence-corrected chi connectivity index (χ1v) is 10.3. The highest BCUT2D eigenvalue weighted by Crippen LogP contribution is 2.24. The van der Waals surface area contributed by atoms with E-state index in [1.54, 1.807) is 14.2 Å². The lowest BCUT2D eigenvalue weighted by molar-refractivity contribution is 0.0179. The molecule has 1 unspecified atom stereocenters. The first-order valence-electron chi connectivity index (χ1n) is 10.3. The van der Waals surface area contributed by atoms with Gasteiger partial charge in [-0.25, -0.2) is 0 Å². The van der Waals surface area contributed by atoms with E-state index in [-0.39, 0.29) is 30.0 Å². The molecular weight excluding hydrogens is 499 g/mol. The van der Waals surface area contributed by atoms with Crippen LogP contribution < -0.4 is 15.4 Å². The quantitative estimate of drug-likeness (QED) is 0.183. The van der Waals surface area contributed by atoms with Crippen LogP contribution in [0.15, 0.2) is 29.3 Å². The second kappa shape index (κ2) is 16.5. The van der Waals surface area contributed by atoms with E-state index in [9.17, 15) is 0 Å². The smallest absolute Gasteiger partial charge is 0.191 e. The van der Waals surface area contributed by atoms with Crippen LogP contribution in [0.2, 0.25) is 0 Å². The lowest BCUT2D eigenvalue weighted by atomic mass is 10.0. The first-order chi connectivity index (χ1) is 14.3. The summed E-state index contributed by atoms with van der Waals surface area (Å²) >= 11 is 0. The van der Waals surface area contributed by atoms with Crippen LogP contribution >= 0.6 is 24.0 Å². The molecule has 2 N–H and O–H groups in total. The van der Waals surface area contributed by atoms with E-state index in [0.29, 0.717) is 32.9 Å². The van der Waals surface area contributed by atoms with Gasteiger partial charge in [-0.3, -0.25) is 9.89 Å². The van der Waals surface area contributed by atoms with Gasteiger partial charge in [-0.2, -0.15) is 0 Å². The van der Waals surface area contributed by atoms with Crippen molar-refractivity contribution in [1.29, 1.82) is 0 Å². The number of ether oxygens (including phenoxy) is 4. The van der Waals surface area contributed by atoms with E-state index in [2.05, 4.69) is 34.6 Å². The van der Waals surface area contributed by atoms with Gasteiger partial charge in [0, 0.05) is 33.3 Å². The maximum Gasteiger partial charge on any atom is 0.191 e. The molecule has 1 atom stereocenters. The number of nitrogens with one attached hydrogen (secondary N) is 2. The maximum atomic E-state index is 5.53. The average molecular weight is 536 g/mol. The molecule has 1 heterocycles. The van der Waals surface area contributed by atoms with Crippen molar-refractivity contribution in [2.75, 3.05) is 80.0 Å². The number of benzene rings is 1. The molecule has 30 heavy (non-hydrogen) atoms. The Morgan fingerprint density at radius 2 is 1.83 bits per heavy atom. The number of hydrogen-bond donors (Lipinski definition) is 2. The van der Waals surface area contributed by atoms with Gasteiger partial charge >= 0.3 is 0 Å². The first kappa shape index (κ1) is 26.9.